The zero-order valence-corrected chi connectivity index (χ0v) is 20.1. The van der Waals surface area contributed by atoms with Crippen molar-refractivity contribution in [3.63, 3.8) is 0 Å². The van der Waals surface area contributed by atoms with E-state index in [2.05, 4.69) is 30.4 Å². The molecular formula is C21H28F3IN6O. The highest BCUT2D eigenvalue weighted by atomic mass is 127. The molecule has 7 nitrogen and oxygen atoms in total. The molecule has 0 aliphatic carbocycles. The quantitative estimate of drug-likeness (QED) is 0.216. The number of phenols is 1. The molecule has 0 amide bonds. The Hall–Kier alpha value is -2.44. The monoisotopic (exact) mass is 564 g/mol. The van der Waals surface area contributed by atoms with E-state index in [1.54, 1.807) is 13.1 Å². The van der Waals surface area contributed by atoms with Crippen molar-refractivity contribution >= 4 is 41.4 Å². The maximum Gasteiger partial charge on any atom is 0.417 e. The van der Waals surface area contributed by atoms with E-state index in [0.717, 1.165) is 56.5 Å². The van der Waals surface area contributed by atoms with Crippen LogP contribution >= 0.6 is 24.0 Å². The van der Waals surface area contributed by atoms with Gasteiger partial charge in [0.25, 0.3) is 0 Å². The Kier molecular flexibility index (Phi) is 9.66. The van der Waals surface area contributed by atoms with Gasteiger partial charge >= 0.3 is 6.18 Å². The molecule has 0 radical (unpaired) electrons. The number of nitrogens with one attached hydrogen (secondary N) is 2. The van der Waals surface area contributed by atoms with Crippen LogP contribution in [0.4, 0.5) is 24.7 Å². The van der Waals surface area contributed by atoms with E-state index in [-0.39, 0.29) is 29.7 Å². The van der Waals surface area contributed by atoms with Gasteiger partial charge in [0.05, 0.1) is 11.3 Å². The number of pyridine rings is 1. The zero-order chi connectivity index (χ0) is 22.3. The SMILES string of the molecule is CN=C(NCCCNc1ccc(C(F)(F)F)cn1)N1CCN(c2ccccc2O)CC1.I. The molecule has 3 N–H and O–H groups in total. The second-order valence-corrected chi connectivity index (χ2v) is 7.15. The second-order valence-electron chi connectivity index (χ2n) is 7.15. The van der Waals surface area contributed by atoms with Gasteiger partial charge in [-0.15, -0.1) is 24.0 Å². The lowest BCUT2D eigenvalue weighted by atomic mass is 10.2. The van der Waals surface area contributed by atoms with Gasteiger partial charge in [-0.25, -0.2) is 4.98 Å². The molecule has 1 aromatic heterocycles. The molecule has 0 atom stereocenters. The number of rotatable bonds is 6. The average molecular weight is 564 g/mol. The number of aromatic nitrogens is 1. The molecule has 3 rings (SSSR count). The number of para-hydroxylation sites is 2. The highest BCUT2D eigenvalue weighted by Crippen LogP contribution is 2.29. The van der Waals surface area contributed by atoms with E-state index in [9.17, 15) is 18.3 Å². The summed E-state index contributed by atoms with van der Waals surface area (Å²) in [6, 6.07) is 9.68. The van der Waals surface area contributed by atoms with Gasteiger partial charge in [0.1, 0.15) is 11.6 Å². The Bertz CT molecular complexity index is 871. The van der Waals surface area contributed by atoms with Crippen molar-refractivity contribution in [2.75, 3.05) is 56.5 Å². The summed E-state index contributed by atoms with van der Waals surface area (Å²) >= 11 is 0. The maximum absolute atomic E-state index is 12.6. The van der Waals surface area contributed by atoms with Crippen molar-refractivity contribution in [3.8, 4) is 5.75 Å². The van der Waals surface area contributed by atoms with Gasteiger partial charge in [0.15, 0.2) is 5.96 Å². The summed E-state index contributed by atoms with van der Waals surface area (Å²) in [6.07, 6.45) is -2.80. The minimum atomic E-state index is -4.38. The van der Waals surface area contributed by atoms with Crippen molar-refractivity contribution in [1.82, 2.24) is 15.2 Å². The van der Waals surface area contributed by atoms with Gasteiger partial charge in [-0.3, -0.25) is 4.99 Å². The molecule has 11 heteroatoms. The fraction of sp³-hybridized carbons (Fsp3) is 0.429. The molecule has 1 aromatic carbocycles. The van der Waals surface area contributed by atoms with Crippen LogP contribution in [0.5, 0.6) is 5.75 Å². The predicted molar refractivity (Wildman–Crippen MR) is 131 cm³/mol. The summed E-state index contributed by atoms with van der Waals surface area (Å²) in [7, 11) is 1.74. The second kappa shape index (κ2) is 12.0. The standard InChI is InChI=1S/C21H27F3N6O.HI/c1-25-20(30-13-11-29(12-14-30)17-5-2-3-6-18(17)31)27-10-4-9-26-19-8-7-16(15-28-19)21(22,23)24;/h2-3,5-8,15,31H,4,9-14H2,1H3,(H,25,27)(H,26,28);1H. The van der Waals surface area contributed by atoms with Gasteiger partial charge in [-0.1, -0.05) is 12.1 Å². The van der Waals surface area contributed by atoms with Crippen LogP contribution in [0.3, 0.4) is 0 Å². The molecule has 0 saturated carbocycles. The number of hydrogen-bond donors (Lipinski definition) is 3. The van der Waals surface area contributed by atoms with E-state index >= 15 is 0 Å². The lowest BCUT2D eigenvalue weighted by Crippen LogP contribution is -2.52. The summed E-state index contributed by atoms with van der Waals surface area (Å²) in [5.41, 5.74) is 0.0825. The lowest BCUT2D eigenvalue weighted by Gasteiger charge is -2.37. The van der Waals surface area contributed by atoms with Crippen molar-refractivity contribution in [1.29, 1.82) is 0 Å². The Balaban J connectivity index is 0.00000363. The Morgan fingerprint density at radius 1 is 1.09 bits per heavy atom. The summed E-state index contributed by atoms with van der Waals surface area (Å²) in [6.45, 7) is 4.35. The van der Waals surface area contributed by atoms with E-state index < -0.39 is 11.7 Å². The normalized spacial score (nSPS) is 14.7. The van der Waals surface area contributed by atoms with E-state index in [1.807, 2.05) is 18.2 Å². The van der Waals surface area contributed by atoms with Crippen LogP contribution in [0.25, 0.3) is 0 Å². The number of guanidine groups is 1. The third kappa shape index (κ3) is 7.04. The van der Waals surface area contributed by atoms with Crippen LogP contribution in [-0.2, 0) is 6.18 Å². The topological polar surface area (TPSA) is 76.0 Å². The molecule has 0 unspecified atom stereocenters. The van der Waals surface area contributed by atoms with Gasteiger partial charge in [-0.05, 0) is 30.7 Å². The minimum absolute atomic E-state index is 0. The van der Waals surface area contributed by atoms with Gasteiger partial charge in [0, 0.05) is 52.5 Å². The largest absolute Gasteiger partial charge is 0.506 e. The van der Waals surface area contributed by atoms with Gasteiger partial charge < -0.3 is 25.5 Å². The fourth-order valence-corrected chi connectivity index (χ4v) is 3.39. The van der Waals surface area contributed by atoms with Crippen LogP contribution < -0.4 is 15.5 Å². The van der Waals surface area contributed by atoms with Crippen molar-refractivity contribution in [2.24, 2.45) is 4.99 Å². The summed E-state index contributed by atoms with van der Waals surface area (Å²) in [5.74, 6) is 1.51. The first kappa shape index (κ1) is 25.8. The molecule has 2 heterocycles. The molecule has 2 aromatic rings. The molecule has 1 fully saturated rings. The van der Waals surface area contributed by atoms with Crippen molar-refractivity contribution in [3.05, 3.63) is 48.2 Å². The van der Waals surface area contributed by atoms with Crippen molar-refractivity contribution < 1.29 is 18.3 Å². The number of hydrogen-bond acceptors (Lipinski definition) is 5. The fourth-order valence-electron chi connectivity index (χ4n) is 3.39. The third-order valence-electron chi connectivity index (χ3n) is 5.05. The van der Waals surface area contributed by atoms with Crippen LogP contribution in [0.15, 0.2) is 47.6 Å². The predicted octanol–water partition coefficient (Wildman–Crippen LogP) is 3.62. The van der Waals surface area contributed by atoms with Crippen molar-refractivity contribution in [2.45, 2.75) is 12.6 Å². The number of phenolic OH excluding ortho intramolecular Hbond substituents is 1. The number of halogens is 4. The molecule has 0 bridgehead atoms. The average Bonchev–Trinajstić information content (AvgIpc) is 2.77. The number of aliphatic imine (C=N–C) groups is 1. The number of aromatic hydroxyl groups is 1. The molecule has 176 valence electrons. The van der Waals surface area contributed by atoms with Crippen LogP contribution in [0.2, 0.25) is 0 Å². The van der Waals surface area contributed by atoms with Crippen LogP contribution in [0, 0.1) is 0 Å². The molecule has 1 aliphatic heterocycles. The Morgan fingerprint density at radius 2 is 1.81 bits per heavy atom. The summed E-state index contributed by atoms with van der Waals surface area (Å²) in [4.78, 5) is 12.5. The molecule has 0 spiro atoms. The van der Waals surface area contributed by atoms with E-state index in [1.165, 1.54) is 6.07 Å². The van der Waals surface area contributed by atoms with E-state index in [0.29, 0.717) is 18.9 Å². The molecular weight excluding hydrogens is 536 g/mol. The van der Waals surface area contributed by atoms with Gasteiger partial charge in [0.2, 0.25) is 0 Å². The Labute approximate surface area is 202 Å². The number of benzene rings is 1. The molecule has 1 aliphatic rings. The van der Waals surface area contributed by atoms with Crippen LogP contribution in [-0.4, -0.2) is 67.3 Å². The Morgan fingerprint density at radius 3 is 2.41 bits per heavy atom. The first-order valence-electron chi connectivity index (χ1n) is 10.1. The first-order chi connectivity index (χ1) is 14.9. The first-order valence-corrected chi connectivity index (χ1v) is 10.1. The molecule has 1 saturated heterocycles. The van der Waals surface area contributed by atoms with Gasteiger partial charge in [-0.2, -0.15) is 13.2 Å². The van der Waals surface area contributed by atoms with E-state index in [4.69, 9.17) is 0 Å². The highest BCUT2D eigenvalue weighted by Gasteiger charge is 2.30. The smallest absolute Gasteiger partial charge is 0.417 e. The minimum Gasteiger partial charge on any atom is -0.506 e. The number of anilines is 2. The lowest BCUT2D eigenvalue weighted by molar-refractivity contribution is -0.137. The summed E-state index contributed by atoms with van der Waals surface area (Å²) in [5, 5.41) is 16.4. The summed E-state index contributed by atoms with van der Waals surface area (Å²) < 4.78 is 37.7. The zero-order valence-electron chi connectivity index (χ0n) is 17.8. The third-order valence-corrected chi connectivity index (χ3v) is 5.05. The highest BCUT2D eigenvalue weighted by molar-refractivity contribution is 14.0. The maximum atomic E-state index is 12.6. The van der Waals surface area contributed by atoms with Crippen LogP contribution in [0.1, 0.15) is 12.0 Å². The molecule has 32 heavy (non-hydrogen) atoms. The number of piperazine rings is 1. The number of alkyl halides is 3. The number of nitrogens with zero attached hydrogens (tertiary/aromatic N) is 4.